The van der Waals surface area contributed by atoms with Gasteiger partial charge in [0.05, 0.1) is 13.2 Å². The Balaban J connectivity index is 1.49. The van der Waals surface area contributed by atoms with E-state index in [1.54, 1.807) is 6.33 Å². The second kappa shape index (κ2) is 8.22. The van der Waals surface area contributed by atoms with Crippen LogP contribution in [0.2, 0.25) is 0 Å². The molecule has 3 rings (SSSR count). The predicted molar refractivity (Wildman–Crippen MR) is 90.3 cm³/mol. The van der Waals surface area contributed by atoms with Gasteiger partial charge in [-0.25, -0.2) is 9.67 Å². The number of aryl methyl sites for hydroxylation is 3. The van der Waals surface area contributed by atoms with Gasteiger partial charge < -0.3 is 4.74 Å². The van der Waals surface area contributed by atoms with Gasteiger partial charge in [0.15, 0.2) is 0 Å². The van der Waals surface area contributed by atoms with E-state index in [4.69, 9.17) is 4.74 Å². The second-order valence-corrected chi connectivity index (χ2v) is 6.17. The third-order valence-electron chi connectivity index (χ3n) is 4.61. The molecule has 23 heavy (non-hydrogen) atoms. The number of hydrogen-bond acceptors (Lipinski definition) is 4. The van der Waals surface area contributed by atoms with Crippen LogP contribution < -0.4 is 0 Å². The first-order valence-electron chi connectivity index (χ1n) is 8.55. The number of nitrogens with zero attached hydrogens (tertiary/aromatic N) is 4. The molecule has 1 aromatic heterocycles. The molecule has 0 N–H and O–H groups in total. The van der Waals surface area contributed by atoms with Gasteiger partial charge in [0.25, 0.3) is 0 Å². The Morgan fingerprint density at radius 3 is 2.70 bits per heavy atom. The summed E-state index contributed by atoms with van der Waals surface area (Å²) in [5, 5.41) is 4.39. The second-order valence-electron chi connectivity index (χ2n) is 6.17. The molecule has 0 saturated carbocycles. The molecule has 0 radical (unpaired) electrons. The van der Waals surface area contributed by atoms with Crippen molar-refractivity contribution in [3.8, 4) is 0 Å². The molecule has 1 aromatic carbocycles. The van der Waals surface area contributed by atoms with Crippen molar-refractivity contribution < 1.29 is 4.74 Å². The number of rotatable bonds is 7. The molecule has 0 amide bonds. The molecule has 0 unspecified atom stereocenters. The molecule has 5 heteroatoms. The lowest BCUT2D eigenvalue weighted by molar-refractivity contribution is 0.0186. The van der Waals surface area contributed by atoms with Gasteiger partial charge in [-0.3, -0.25) is 4.90 Å². The lowest BCUT2D eigenvalue weighted by Crippen LogP contribution is -2.42. The number of benzene rings is 1. The summed E-state index contributed by atoms with van der Waals surface area (Å²) in [4.78, 5) is 6.96. The highest BCUT2D eigenvalue weighted by atomic mass is 16.5. The molecule has 0 aliphatic carbocycles. The summed E-state index contributed by atoms with van der Waals surface area (Å²) in [6.07, 6.45) is 4.77. The first kappa shape index (κ1) is 16.1. The standard InChI is InChI=1S/C18H26N4O/c1-16(21-11-13-23-14-12-21)7-8-18-19-15-20-22(18)10-9-17-5-3-2-4-6-17/h2-6,15-16H,7-14H2,1H3/t16-/m1/s1. The highest BCUT2D eigenvalue weighted by Crippen LogP contribution is 2.11. The van der Waals surface area contributed by atoms with E-state index >= 15 is 0 Å². The van der Waals surface area contributed by atoms with Crippen molar-refractivity contribution in [3.63, 3.8) is 0 Å². The minimum Gasteiger partial charge on any atom is -0.379 e. The van der Waals surface area contributed by atoms with Crippen LogP contribution in [0, 0.1) is 0 Å². The van der Waals surface area contributed by atoms with Crippen LogP contribution in [0.3, 0.4) is 0 Å². The van der Waals surface area contributed by atoms with Gasteiger partial charge in [-0.15, -0.1) is 0 Å². The molecule has 0 spiro atoms. The predicted octanol–water partition coefficient (Wildman–Crippen LogP) is 2.17. The van der Waals surface area contributed by atoms with Crippen LogP contribution in [0.1, 0.15) is 24.7 Å². The minimum atomic E-state index is 0.568. The molecule has 2 aromatic rings. The van der Waals surface area contributed by atoms with E-state index < -0.39 is 0 Å². The van der Waals surface area contributed by atoms with E-state index in [1.807, 2.05) is 0 Å². The average Bonchev–Trinajstić information content (AvgIpc) is 3.07. The summed E-state index contributed by atoms with van der Waals surface area (Å²) in [6, 6.07) is 11.1. The molecule has 1 saturated heterocycles. The zero-order valence-corrected chi connectivity index (χ0v) is 13.9. The van der Waals surface area contributed by atoms with E-state index in [2.05, 4.69) is 56.9 Å². The Bertz CT molecular complexity index is 578. The average molecular weight is 314 g/mol. The summed E-state index contributed by atoms with van der Waals surface area (Å²) in [5.41, 5.74) is 1.34. The van der Waals surface area contributed by atoms with Gasteiger partial charge in [0, 0.05) is 32.1 Å². The van der Waals surface area contributed by atoms with Crippen LogP contribution in [0.4, 0.5) is 0 Å². The summed E-state index contributed by atoms with van der Waals surface area (Å²) < 4.78 is 7.48. The van der Waals surface area contributed by atoms with E-state index in [1.165, 1.54) is 5.56 Å². The van der Waals surface area contributed by atoms with Gasteiger partial charge in [0.1, 0.15) is 12.2 Å². The monoisotopic (exact) mass is 314 g/mol. The first-order chi connectivity index (χ1) is 11.3. The van der Waals surface area contributed by atoms with Crippen LogP contribution in [-0.4, -0.2) is 52.0 Å². The molecular weight excluding hydrogens is 288 g/mol. The molecular formula is C18H26N4O. The molecule has 1 aliphatic rings. The van der Waals surface area contributed by atoms with Gasteiger partial charge in [-0.2, -0.15) is 5.10 Å². The molecule has 2 heterocycles. The number of hydrogen-bond donors (Lipinski definition) is 0. The van der Waals surface area contributed by atoms with E-state index in [0.29, 0.717) is 6.04 Å². The lowest BCUT2D eigenvalue weighted by Gasteiger charge is -2.32. The number of ether oxygens (including phenoxy) is 1. The van der Waals surface area contributed by atoms with Crippen molar-refractivity contribution in [1.29, 1.82) is 0 Å². The zero-order valence-electron chi connectivity index (χ0n) is 13.9. The number of morpholine rings is 1. The minimum absolute atomic E-state index is 0.568. The van der Waals surface area contributed by atoms with E-state index in [0.717, 1.165) is 57.9 Å². The number of aromatic nitrogens is 3. The normalized spacial score (nSPS) is 17.3. The van der Waals surface area contributed by atoms with Crippen LogP contribution in [0.5, 0.6) is 0 Å². The Morgan fingerprint density at radius 1 is 1.13 bits per heavy atom. The molecule has 5 nitrogen and oxygen atoms in total. The zero-order chi connectivity index (χ0) is 15.9. The summed E-state index contributed by atoms with van der Waals surface area (Å²) in [5.74, 6) is 1.10. The summed E-state index contributed by atoms with van der Waals surface area (Å²) >= 11 is 0. The molecule has 1 aliphatic heterocycles. The molecule has 124 valence electrons. The van der Waals surface area contributed by atoms with Gasteiger partial charge >= 0.3 is 0 Å². The Morgan fingerprint density at radius 2 is 1.91 bits per heavy atom. The van der Waals surface area contributed by atoms with Crippen molar-refractivity contribution in [1.82, 2.24) is 19.7 Å². The highest BCUT2D eigenvalue weighted by Gasteiger charge is 2.17. The first-order valence-corrected chi connectivity index (χ1v) is 8.55. The maximum absolute atomic E-state index is 5.43. The van der Waals surface area contributed by atoms with Crippen molar-refractivity contribution in [2.45, 2.75) is 38.8 Å². The van der Waals surface area contributed by atoms with Crippen LogP contribution in [0.25, 0.3) is 0 Å². The fraction of sp³-hybridized carbons (Fsp3) is 0.556. The van der Waals surface area contributed by atoms with Gasteiger partial charge in [-0.1, -0.05) is 30.3 Å². The van der Waals surface area contributed by atoms with Crippen molar-refractivity contribution >= 4 is 0 Å². The molecule has 1 fully saturated rings. The Kier molecular flexibility index (Phi) is 5.77. The van der Waals surface area contributed by atoms with Gasteiger partial charge in [0.2, 0.25) is 0 Å². The maximum Gasteiger partial charge on any atom is 0.138 e. The molecule has 1 atom stereocenters. The fourth-order valence-corrected chi connectivity index (χ4v) is 3.09. The Hall–Kier alpha value is -1.72. The van der Waals surface area contributed by atoms with Crippen molar-refractivity contribution in [2.24, 2.45) is 0 Å². The molecule has 0 bridgehead atoms. The van der Waals surface area contributed by atoms with Crippen LogP contribution >= 0.6 is 0 Å². The van der Waals surface area contributed by atoms with Crippen molar-refractivity contribution in [3.05, 3.63) is 48.0 Å². The topological polar surface area (TPSA) is 43.2 Å². The van der Waals surface area contributed by atoms with Crippen LogP contribution in [-0.2, 0) is 24.1 Å². The van der Waals surface area contributed by atoms with Crippen LogP contribution in [0.15, 0.2) is 36.7 Å². The quantitative estimate of drug-likeness (QED) is 0.785. The summed E-state index contributed by atoms with van der Waals surface area (Å²) in [7, 11) is 0. The summed E-state index contributed by atoms with van der Waals surface area (Å²) in [6.45, 7) is 7.00. The maximum atomic E-state index is 5.43. The van der Waals surface area contributed by atoms with E-state index in [9.17, 15) is 0 Å². The fourth-order valence-electron chi connectivity index (χ4n) is 3.09. The smallest absolute Gasteiger partial charge is 0.138 e. The lowest BCUT2D eigenvalue weighted by atomic mass is 10.1. The van der Waals surface area contributed by atoms with Crippen molar-refractivity contribution in [2.75, 3.05) is 26.3 Å². The Labute approximate surface area is 138 Å². The highest BCUT2D eigenvalue weighted by molar-refractivity contribution is 5.14. The van der Waals surface area contributed by atoms with E-state index in [-0.39, 0.29) is 0 Å². The SMILES string of the molecule is C[C@H](CCc1ncnn1CCc1ccccc1)N1CCOCC1. The third kappa shape index (κ3) is 4.62. The third-order valence-corrected chi connectivity index (χ3v) is 4.61. The largest absolute Gasteiger partial charge is 0.379 e. The van der Waals surface area contributed by atoms with Gasteiger partial charge in [-0.05, 0) is 25.3 Å².